The number of rotatable bonds is 6. The summed E-state index contributed by atoms with van der Waals surface area (Å²) in [5.41, 5.74) is 1.33. The fraction of sp³-hybridized carbons (Fsp3) is 0.632. The lowest BCUT2D eigenvalue weighted by molar-refractivity contribution is 0.136. The zero-order valence-corrected chi connectivity index (χ0v) is 14.6. The average Bonchev–Trinajstić information content (AvgIpc) is 2.98. The van der Waals surface area contributed by atoms with Gasteiger partial charge in [0.15, 0.2) is 5.96 Å². The van der Waals surface area contributed by atoms with Crippen LogP contribution >= 0.6 is 0 Å². The molecule has 0 heterocycles. The van der Waals surface area contributed by atoms with Gasteiger partial charge in [-0.25, -0.2) is 0 Å². The van der Waals surface area contributed by atoms with Crippen molar-refractivity contribution >= 4 is 5.96 Å². The highest BCUT2D eigenvalue weighted by atomic mass is 16.3. The third-order valence-electron chi connectivity index (χ3n) is 4.89. The molecule has 1 saturated carbocycles. The second-order valence-corrected chi connectivity index (χ2v) is 6.61. The van der Waals surface area contributed by atoms with Gasteiger partial charge in [0, 0.05) is 31.0 Å². The summed E-state index contributed by atoms with van der Waals surface area (Å²) in [5, 5.41) is 16.8. The Kier molecular flexibility index (Phi) is 6.90. The molecule has 4 nitrogen and oxygen atoms in total. The number of aliphatic hydroxyl groups is 1. The molecule has 0 radical (unpaired) electrons. The van der Waals surface area contributed by atoms with E-state index in [9.17, 15) is 5.11 Å². The van der Waals surface area contributed by atoms with Crippen LogP contribution in [0.15, 0.2) is 35.3 Å². The van der Waals surface area contributed by atoms with Gasteiger partial charge in [-0.3, -0.25) is 4.99 Å². The van der Waals surface area contributed by atoms with Crippen LogP contribution in [0.25, 0.3) is 0 Å². The van der Waals surface area contributed by atoms with E-state index in [0.717, 1.165) is 31.8 Å². The molecule has 0 aliphatic heterocycles. The number of nitrogens with zero attached hydrogens (tertiary/aromatic N) is 1. The van der Waals surface area contributed by atoms with E-state index in [1.54, 1.807) is 0 Å². The molecule has 1 aromatic carbocycles. The van der Waals surface area contributed by atoms with Gasteiger partial charge in [-0.1, -0.05) is 43.7 Å². The molecule has 0 bridgehead atoms. The minimum atomic E-state index is -0.178. The summed E-state index contributed by atoms with van der Waals surface area (Å²) in [6.07, 6.45) is 2.94. The van der Waals surface area contributed by atoms with Crippen LogP contribution < -0.4 is 10.6 Å². The maximum Gasteiger partial charge on any atom is 0.191 e. The standard InChI is InChI=1S/C19H31N3O/c1-4-20-19(21-13-17-11-8-12-18(17)23)22-15(3)14(2)16-9-6-5-7-10-16/h5-7,9-10,14-15,17-18,23H,4,8,11-13H2,1-3H3,(H2,20,21,22). The fourth-order valence-electron chi connectivity index (χ4n) is 3.14. The van der Waals surface area contributed by atoms with Crippen molar-refractivity contribution in [2.45, 2.75) is 58.1 Å². The van der Waals surface area contributed by atoms with Crippen LogP contribution in [0.3, 0.4) is 0 Å². The van der Waals surface area contributed by atoms with E-state index >= 15 is 0 Å². The van der Waals surface area contributed by atoms with Crippen molar-refractivity contribution in [3.63, 3.8) is 0 Å². The predicted molar refractivity (Wildman–Crippen MR) is 96.8 cm³/mol. The third kappa shape index (κ3) is 5.24. The van der Waals surface area contributed by atoms with Crippen molar-refractivity contribution in [2.24, 2.45) is 10.9 Å². The lowest BCUT2D eigenvalue weighted by Crippen LogP contribution is -2.44. The summed E-state index contributed by atoms with van der Waals surface area (Å²) in [6.45, 7) is 8.04. The van der Waals surface area contributed by atoms with E-state index in [0.29, 0.717) is 18.4 Å². The number of hydrogen-bond acceptors (Lipinski definition) is 2. The molecule has 1 aromatic rings. The Morgan fingerprint density at radius 1 is 1.26 bits per heavy atom. The maximum atomic E-state index is 9.94. The predicted octanol–water partition coefficient (Wildman–Crippen LogP) is 2.89. The van der Waals surface area contributed by atoms with Crippen LogP contribution in [-0.4, -0.2) is 36.3 Å². The van der Waals surface area contributed by atoms with Crippen LogP contribution in [0.5, 0.6) is 0 Å². The van der Waals surface area contributed by atoms with Gasteiger partial charge in [0.25, 0.3) is 0 Å². The Balaban J connectivity index is 1.94. The molecule has 2 rings (SSSR count). The highest BCUT2D eigenvalue weighted by Crippen LogP contribution is 2.25. The van der Waals surface area contributed by atoms with Crippen molar-refractivity contribution < 1.29 is 5.11 Å². The van der Waals surface area contributed by atoms with Crippen LogP contribution in [0.1, 0.15) is 51.5 Å². The third-order valence-corrected chi connectivity index (χ3v) is 4.89. The van der Waals surface area contributed by atoms with Gasteiger partial charge in [0.2, 0.25) is 0 Å². The topological polar surface area (TPSA) is 56.7 Å². The van der Waals surface area contributed by atoms with Crippen molar-refractivity contribution in [2.75, 3.05) is 13.1 Å². The highest BCUT2D eigenvalue weighted by Gasteiger charge is 2.25. The number of guanidine groups is 1. The van der Waals surface area contributed by atoms with Gasteiger partial charge < -0.3 is 15.7 Å². The molecule has 4 unspecified atom stereocenters. The quantitative estimate of drug-likeness (QED) is 0.558. The van der Waals surface area contributed by atoms with Crippen LogP contribution in [-0.2, 0) is 0 Å². The number of aliphatic imine (C=N–C) groups is 1. The Morgan fingerprint density at radius 3 is 2.61 bits per heavy atom. The SMILES string of the molecule is CCNC(=NCC1CCCC1O)NC(C)C(C)c1ccccc1. The first-order valence-corrected chi connectivity index (χ1v) is 8.89. The Morgan fingerprint density at radius 2 is 2.00 bits per heavy atom. The largest absolute Gasteiger partial charge is 0.393 e. The zero-order valence-electron chi connectivity index (χ0n) is 14.6. The first-order valence-electron chi connectivity index (χ1n) is 8.89. The van der Waals surface area contributed by atoms with E-state index in [2.05, 4.69) is 55.7 Å². The van der Waals surface area contributed by atoms with Crippen molar-refractivity contribution in [1.29, 1.82) is 0 Å². The van der Waals surface area contributed by atoms with Gasteiger partial charge in [-0.15, -0.1) is 0 Å². The van der Waals surface area contributed by atoms with E-state index in [-0.39, 0.29) is 12.1 Å². The van der Waals surface area contributed by atoms with Crippen LogP contribution in [0.2, 0.25) is 0 Å². The number of aliphatic hydroxyl groups excluding tert-OH is 1. The molecular weight excluding hydrogens is 286 g/mol. The number of benzene rings is 1. The molecule has 128 valence electrons. The van der Waals surface area contributed by atoms with Gasteiger partial charge in [0.05, 0.1) is 6.10 Å². The normalized spacial score (nSPS) is 24.3. The molecule has 0 amide bonds. The summed E-state index contributed by atoms with van der Waals surface area (Å²) < 4.78 is 0. The highest BCUT2D eigenvalue weighted by molar-refractivity contribution is 5.80. The second kappa shape index (κ2) is 8.92. The molecule has 0 spiro atoms. The molecular formula is C19H31N3O. The van der Waals surface area contributed by atoms with Crippen LogP contribution in [0, 0.1) is 5.92 Å². The molecule has 4 atom stereocenters. The molecule has 1 aliphatic carbocycles. The Hall–Kier alpha value is -1.55. The lowest BCUT2D eigenvalue weighted by atomic mass is 9.94. The van der Waals surface area contributed by atoms with Crippen LogP contribution in [0.4, 0.5) is 0 Å². The number of hydrogen-bond donors (Lipinski definition) is 3. The van der Waals surface area contributed by atoms with Crippen molar-refractivity contribution in [3.05, 3.63) is 35.9 Å². The lowest BCUT2D eigenvalue weighted by Gasteiger charge is -2.24. The second-order valence-electron chi connectivity index (χ2n) is 6.61. The smallest absolute Gasteiger partial charge is 0.191 e. The maximum absolute atomic E-state index is 9.94. The van der Waals surface area contributed by atoms with E-state index < -0.39 is 0 Å². The molecule has 0 saturated heterocycles. The first kappa shape index (κ1) is 17.8. The summed E-state index contributed by atoms with van der Waals surface area (Å²) in [4.78, 5) is 4.70. The van der Waals surface area contributed by atoms with E-state index in [4.69, 9.17) is 4.99 Å². The molecule has 23 heavy (non-hydrogen) atoms. The van der Waals surface area contributed by atoms with E-state index in [1.807, 2.05) is 6.07 Å². The molecule has 3 N–H and O–H groups in total. The zero-order chi connectivity index (χ0) is 16.7. The Labute approximate surface area is 140 Å². The van der Waals surface area contributed by atoms with Gasteiger partial charge in [0.1, 0.15) is 0 Å². The van der Waals surface area contributed by atoms with Gasteiger partial charge >= 0.3 is 0 Å². The van der Waals surface area contributed by atoms with Crippen molar-refractivity contribution in [1.82, 2.24) is 10.6 Å². The summed E-state index contributed by atoms with van der Waals surface area (Å²) in [5.74, 6) is 1.56. The summed E-state index contributed by atoms with van der Waals surface area (Å²) in [7, 11) is 0. The minimum Gasteiger partial charge on any atom is -0.393 e. The monoisotopic (exact) mass is 317 g/mol. The minimum absolute atomic E-state index is 0.178. The Bertz CT molecular complexity index is 489. The molecule has 1 aliphatic rings. The average molecular weight is 317 g/mol. The first-order chi connectivity index (χ1) is 11.1. The molecule has 4 heteroatoms. The number of nitrogens with one attached hydrogen (secondary N) is 2. The van der Waals surface area contributed by atoms with Gasteiger partial charge in [-0.2, -0.15) is 0 Å². The molecule has 1 fully saturated rings. The van der Waals surface area contributed by atoms with Crippen molar-refractivity contribution in [3.8, 4) is 0 Å². The summed E-state index contributed by atoms with van der Waals surface area (Å²) in [6, 6.07) is 10.8. The van der Waals surface area contributed by atoms with Gasteiger partial charge in [-0.05, 0) is 32.3 Å². The molecule has 0 aromatic heterocycles. The van der Waals surface area contributed by atoms with E-state index in [1.165, 1.54) is 5.56 Å². The fourth-order valence-corrected chi connectivity index (χ4v) is 3.14. The summed E-state index contributed by atoms with van der Waals surface area (Å²) >= 11 is 0.